The van der Waals surface area contributed by atoms with Crippen molar-refractivity contribution in [2.45, 2.75) is 45.6 Å². The third-order valence-corrected chi connectivity index (χ3v) is 3.74. The second-order valence-electron chi connectivity index (χ2n) is 4.94. The van der Waals surface area contributed by atoms with Gasteiger partial charge >= 0.3 is 0 Å². The Labute approximate surface area is 109 Å². The Morgan fingerprint density at radius 3 is 2.89 bits per heavy atom. The molecule has 5 heteroatoms. The molecule has 104 valence electrons. The van der Waals surface area contributed by atoms with Gasteiger partial charge in [0.2, 0.25) is 11.8 Å². The van der Waals surface area contributed by atoms with Crippen molar-refractivity contribution in [3.8, 4) is 0 Å². The molecule has 0 spiro atoms. The van der Waals surface area contributed by atoms with Gasteiger partial charge in [0.25, 0.3) is 0 Å². The molecule has 18 heavy (non-hydrogen) atoms. The zero-order valence-corrected chi connectivity index (χ0v) is 11.4. The summed E-state index contributed by atoms with van der Waals surface area (Å²) in [6, 6.07) is -0.333. The number of nitrogens with one attached hydrogen (secondary N) is 1. The van der Waals surface area contributed by atoms with Gasteiger partial charge in [-0.15, -0.1) is 0 Å². The zero-order valence-electron chi connectivity index (χ0n) is 11.4. The summed E-state index contributed by atoms with van der Waals surface area (Å²) < 4.78 is 0. The van der Waals surface area contributed by atoms with Crippen LogP contribution in [0.4, 0.5) is 0 Å². The molecular weight excluding hydrogens is 230 g/mol. The molecule has 3 N–H and O–H groups in total. The van der Waals surface area contributed by atoms with E-state index in [-0.39, 0.29) is 17.9 Å². The van der Waals surface area contributed by atoms with Gasteiger partial charge in [-0.05, 0) is 32.2 Å². The Morgan fingerprint density at radius 1 is 1.56 bits per heavy atom. The third-order valence-electron chi connectivity index (χ3n) is 3.74. The first kappa shape index (κ1) is 15.0. The van der Waals surface area contributed by atoms with Crippen LogP contribution in [0.3, 0.4) is 0 Å². The van der Waals surface area contributed by atoms with Crippen LogP contribution >= 0.6 is 0 Å². The van der Waals surface area contributed by atoms with Crippen LogP contribution < -0.4 is 11.1 Å². The molecule has 1 saturated heterocycles. The molecule has 0 aliphatic carbocycles. The van der Waals surface area contributed by atoms with Crippen molar-refractivity contribution in [3.05, 3.63) is 0 Å². The van der Waals surface area contributed by atoms with Crippen LogP contribution in [0, 0.1) is 5.92 Å². The number of nitrogens with zero attached hydrogens (tertiary/aromatic N) is 1. The van der Waals surface area contributed by atoms with E-state index in [1.165, 1.54) is 0 Å². The highest BCUT2D eigenvalue weighted by molar-refractivity contribution is 5.88. The standard InChI is InChI=1S/C13H25N3O2/c1-3-11(6-7-14)4-5-12(17)16-9-8-15-13(18)10(16)2/h10-11H,3-9,14H2,1-2H3,(H,15,18). The number of rotatable bonds is 6. The average molecular weight is 255 g/mol. The zero-order chi connectivity index (χ0) is 13.5. The number of nitrogens with two attached hydrogens (primary N) is 1. The quantitative estimate of drug-likeness (QED) is 0.725. The number of hydrogen-bond donors (Lipinski definition) is 2. The van der Waals surface area contributed by atoms with Crippen LogP contribution in [0.25, 0.3) is 0 Å². The van der Waals surface area contributed by atoms with E-state index in [2.05, 4.69) is 12.2 Å². The van der Waals surface area contributed by atoms with Crippen molar-refractivity contribution in [3.63, 3.8) is 0 Å². The average Bonchev–Trinajstić information content (AvgIpc) is 2.37. The molecule has 2 atom stereocenters. The second-order valence-corrected chi connectivity index (χ2v) is 4.94. The molecule has 1 fully saturated rings. The van der Waals surface area contributed by atoms with Crippen molar-refractivity contribution in [2.24, 2.45) is 11.7 Å². The maximum atomic E-state index is 12.1. The number of carbonyl (C=O) groups is 2. The van der Waals surface area contributed by atoms with E-state index in [1.807, 2.05) is 0 Å². The maximum Gasteiger partial charge on any atom is 0.242 e. The predicted molar refractivity (Wildman–Crippen MR) is 70.9 cm³/mol. The molecule has 0 bridgehead atoms. The Kier molecular flexibility index (Phi) is 6.12. The molecule has 0 aromatic heterocycles. The lowest BCUT2D eigenvalue weighted by molar-refractivity contribution is -0.142. The Bertz CT molecular complexity index is 294. The fraction of sp³-hybridized carbons (Fsp3) is 0.846. The highest BCUT2D eigenvalue weighted by Gasteiger charge is 2.28. The van der Waals surface area contributed by atoms with Crippen molar-refractivity contribution >= 4 is 11.8 Å². The van der Waals surface area contributed by atoms with Gasteiger partial charge in [-0.25, -0.2) is 0 Å². The van der Waals surface area contributed by atoms with Crippen LogP contribution in [-0.2, 0) is 9.59 Å². The van der Waals surface area contributed by atoms with E-state index in [9.17, 15) is 9.59 Å². The summed E-state index contributed by atoms with van der Waals surface area (Å²) in [4.78, 5) is 25.3. The summed E-state index contributed by atoms with van der Waals surface area (Å²) >= 11 is 0. The lowest BCUT2D eigenvalue weighted by Crippen LogP contribution is -2.55. The highest BCUT2D eigenvalue weighted by Crippen LogP contribution is 2.16. The third kappa shape index (κ3) is 3.98. The molecule has 0 radical (unpaired) electrons. The van der Waals surface area contributed by atoms with Gasteiger partial charge in [0.05, 0.1) is 0 Å². The Balaban J connectivity index is 2.42. The van der Waals surface area contributed by atoms with E-state index >= 15 is 0 Å². The lowest BCUT2D eigenvalue weighted by atomic mass is 9.96. The summed E-state index contributed by atoms with van der Waals surface area (Å²) in [5.74, 6) is 0.560. The van der Waals surface area contributed by atoms with Gasteiger partial charge in [0, 0.05) is 19.5 Å². The fourth-order valence-corrected chi connectivity index (χ4v) is 2.38. The molecular formula is C13H25N3O2. The second kappa shape index (κ2) is 7.36. The SMILES string of the molecule is CCC(CCN)CCC(=O)N1CCNC(=O)C1C. The topological polar surface area (TPSA) is 75.4 Å². The van der Waals surface area contributed by atoms with Gasteiger partial charge in [-0.3, -0.25) is 9.59 Å². The first-order chi connectivity index (χ1) is 8.60. The smallest absolute Gasteiger partial charge is 0.242 e. The summed E-state index contributed by atoms with van der Waals surface area (Å²) in [6.07, 6.45) is 3.42. The Hall–Kier alpha value is -1.10. The number of amides is 2. The van der Waals surface area contributed by atoms with E-state index in [4.69, 9.17) is 5.73 Å². The molecule has 1 rings (SSSR count). The van der Waals surface area contributed by atoms with Crippen LogP contribution in [0.1, 0.15) is 39.5 Å². The molecule has 0 aromatic rings. The summed E-state index contributed by atoms with van der Waals surface area (Å²) in [5.41, 5.74) is 5.55. The first-order valence-electron chi connectivity index (χ1n) is 6.87. The van der Waals surface area contributed by atoms with Crippen LogP contribution in [0.2, 0.25) is 0 Å². The van der Waals surface area contributed by atoms with E-state index in [0.717, 1.165) is 19.3 Å². The monoisotopic (exact) mass is 255 g/mol. The van der Waals surface area contributed by atoms with Gasteiger partial charge in [0.15, 0.2) is 0 Å². The largest absolute Gasteiger partial charge is 0.353 e. The van der Waals surface area contributed by atoms with Crippen molar-refractivity contribution < 1.29 is 9.59 Å². The summed E-state index contributed by atoms with van der Waals surface area (Å²) in [5, 5.41) is 2.76. The van der Waals surface area contributed by atoms with E-state index in [1.54, 1.807) is 11.8 Å². The number of piperazine rings is 1. The minimum atomic E-state index is -0.333. The van der Waals surface area contributed by atoms with Crippen molar-refractivity contribution in [1.82, 2.24) is 10.2 Å². The van der Waals surface area contributed by atoms with Gasteiger partial charge < -0.3 is 16.0 Å². The molecule has 2 unspecified atom stereocenters. The van der Waals surface area contributed by atoms with E-state index < -0.39 is 0 Å². The van der Waals surface area contributed by atoms with Gasteiger partial charge in [-0.2, -0.15) is 0 Å². The molecule has 1 aliphatic heterocycles. The summed E-state index contributed by atoms with van der Waals surface area (Å²) in [7, 11) is 0. The lowest BCUT2D eigenvalue weighted by Gasteiger charge is -2.33. The highest BCUT2D eigenvalue weighted by atomic mass is 16.2. The number of hydrogen-bond acceptors (Lipinski definition) is 3. The number of carbonyl (C=O) groups excluding carboxylic acids is 2. The maximum absolute atomic E-state index is 12.1. The molecule has 5 nitrogen and oxygen atoms in total. The van der Waals surface area contributed by atoms with Gasteiger partial charge in [0.1, 0.15) is 6.04 Å². The minimum Gasteiger partial charge on any atom is -0.353 e. The molecule has 1 heterocycles. The minimum absolute atomic E-state index is 0.0522. The van der Waals surface area contributed by atoms with Crippen LogP contribution in [0.5, 0.6) is 0 Å². The van der Waals surface area contributed by atoms with E-state index in [0.29, 0.717) is 32.0 Å². The Morgan fingerprint density at radius 2 is 2.28 bits per heavy atom. The van der Waals surface area contributed by atoms with Gasteiger partial charge in [-0.1, -0.05) is 13.3 Å². The first-order valence-corrected chi connectivity index (χ1v) is 6.87. The molecule has 0 saturated carbocycles. The predicted octanol–water partition coefficient (Wildman–Crippen LogP) is 0.489. The summed E-state index contributed by atoms with van der Waals surface area (Å²) in [6.45, 7) is 5.77. The normalized spacial score (nSPS) is 21.6. The van der Waals surface area contributed by atoms with Crippen molar-refractivity contribution in [1.29, 1.82) is 0 Å². The molecule has 2 amide bonds. The van der Waals surface area contributed by atoms with Crippen molar-refractivity contribution in [2.75, 3.05) is 19.6 Å². The fourth-order valence-electron chi connectivity index (χ4n) is 2.38. The molecule has 0 aromatic carbocycles. The molecule has 1 aliphatic rings. The van der Waals surface area contributed by atoms with Crippen LogP contribution in [-0.4, -0.2) is 42.4 Å². The van der Waals surface area contributed by atoms with Crippen LogP contribution in [0.15, 0.2) is 0 Å².